The summed E-state index contributed by atoms with van der Waals surface area (Å²) in [4.78, 5) is 8.17. The van der Waals surface area contributed by atoms with Crippen molar-refractivity contribution in [2.75, 3.05) is 26.2 Å². The predicted molar refractivity (Wildman–Crippen MR) is 123 cm³/mol. The molecule has 0 fully saturated rings. The lowest BCUT2D eigenvalue weighted by atomic mass is 10.1. The number of aromatic nitrogens is 1. The van der Waals surface area contributed by atoms with Crippen molar-refractivity contribution in [2.45, 2.75) is 34.6 Å². The van der Waals surface area contributed by atoms with Gasteiger partial charge in [0.2, 0.25) is 0 Å². The molecule has 0 unspecified atom stereocenters. The van der Waals surface area contributed by atoms with Crippen LogP contribution in [0.3, 0.4) is 0 Å². The van der Waals surface area contributed by atoms with E-state index in [2.05, 4.69) is 50.6 Å². The zero-order valence-electron chi connectivity index (χ0n) is 16.7. The fourth-order valence-corrected chi connectivity index (χ4v) is 2.90. The van der Waals surface area contributed by atoms with Gasteiger partial charge in [-0.3, -0.25) is 4.98 Å². The molecule has 0 atom stereocenters. The first-order chi connectivity index (χ1) is 13.0. The monoisotopic (exact) mass is 407 g/mol. The molecule has 1 heterocycles. The molecule has 148 valence electrons. The third-order valence-electron chi connectivity index (χ3n) is 3.90. The Morgan fingerprint density at radius 3 is 1.85 bits per heavy atom. The Morgan fingerprint density at radius 2 is 1.41 bits per heavy atom. The van der Waals surface area contributed by atoms with Crippen molar-refractivity contribution in [1.29, 1.82) is 0 Å². The Hall–Kier alpha value is -1.87. The van der Waals surface area contributed by atoms with Crippen LogP contribution in [0.25, 0.3) is 0 Å². The lowest BCUT2D eigenvalue weighted by molar-refractivity contribution is 0.473. The average Bonchev–Trinajstić information content (AvgIpc) is 2.69. The minimum Gasteiger partial charge on any atom is -0.351 e. The molecule has 1 aromatic heterocycles. The first-order valence-electron chi connectivity index (χ1n) is 9.04. The first kappa shape index (κ1) is 23.2. The van der Waals surface area contributed by atoms with Gasteiger partial charge in [-0.2, -0.15) is 5.10 Å². The van der Waals surface area contributed by atoms with Gasteiger partial charge in [0.05, 0.1) is 5.71 Å². The van der Waals surface area contributed by atoms with Gasteiger partial charge >= 0.3 is 0 Å². The molecule has 0 spiro atoms. The van der Waals surface area contributed by atoms with Gasteiger partial charge in [0.25, 0.3) is 0 Å². The summed E-state index contributed by atoms with van der Waals surface area (Å²) in [5, 5.41) is 18.3. The molecule has 9 heteroatoms. The van der Waals surface area contributed by atoms with Crippen LogP contribution in [0, 0.1) is 0 Å². The summed E-state index contributed by atoms with van der Waals surface area (Å²) in [6.45, 7) is 13.3. The lowest BCUT2D eigenvalue weighted by Gasteiger charge is -2.18. The van der Waals surface area contributed by atoms with E-state index in [1.807, 2.05) is 56.6 Å². The number of rotatable bonds is 8. The molecule has 0 N–H and O–H groups in total. The highest BCUT2D eigenvalue weighted by Gasteiger charge is 2.10. The highest BCUT2D eigenvalue weighted by molar-refractivity contribution is 7.97. The molecule has 0 aliphatic rings. The fourth-order valence-electron chi connectivity index (χ4n) is 2.24. The highest BCUT2D eigenvalue weighted by atomic mass is 32.1. The van der Waals surface area contributed by atoms with Crippen molar-refractivity contribution in [2.24, 2.45) is 20.4 Å². The Bertz CT molecular complexity index is 691. The van der Waals surface area contributed by atoms with E-state index in [0.29, 0.717) is 21.8 Å². The predicted octanol–water partition coefficient (Wildman–Crippen LogP) is 3.42. The number of nitrogens with zero attached hydrogens (tertiary/aromatic N) is 7. The van der Waals surface area contributed by atoms with Crippen LogP contribution in [0.5, 0.6) is 0 Å². The largest absolute Gasteiger partial charge is 0.351 e. The van der Waals surface area contributed by atoms with Crippen molar-refractivity contribution in [3.8, 4) is 0 Å². The lowest BCUT2D eigenvalue weighted by Crippen LogP contribution is -2.27. The third-order valence-corrected chi connectivity index (χ3v) is 4.64. The van der Waals surface area contributed by atoms with Crippen molar-refractivity contribution in [3.05, 3.63) is 30.1 Å². The maximum absolute atomic E-state index is 4.44. The van der Waals surface area contributed by atoms with Crippen LogP contribution < -0.4 is 0 Å². The van der Waals surface area contributed by atoms with Gasteiger partial charge in [0.15, 0.2) is 10.3 Å². The van der Waals surface area contributed by atoms with Crippen molar-refractivity contribution in [1.82, 2.24) is 14.8 Å². The Balaban J connectivity index is 3.27. The van der Waals surface area contributed by atoms with Gasteiger partial charge in [-0.25, -0.2) is 0 Å². The van der Waals surface area contributed by atoms with Crippen LogP contribution in [-0.2, 0) is 0 Å². The molecule has 0 aliphatic heterocycles. The quantitative estimate of drug-likeness (QED) is 0.300. The summed E-state index contributed by atoms with van der Waals surface area (Å²) in [6.07, 6.45) is 3.43. The molecule has 0 aliphatic carbocycles. The second-order valence-electron chi connectivity index (χ2n) is 5.52. The Morgan fingerprint density at radius 1 is 0.889 bits per heavy atom. The number of pyridine rings is 1. The van der Waals surface area contributed by atoms with E-state index in [-0.39, 0.29) is 0 Å². The summed E-state index contributed by atoms with van der Waals surface area (Å²) >= 11 is 8.87. The summed E-state index contributed by atoms with van der Waals surface area (Å²) in [5.41, 5.74) is 2.01. The minimum atomic E-state index is 0.552. The number of hydrogen-bond donors (Lipinski definition) is 2. The summed E-state index contributed by atoms with van der Waals surface area (Å²) < 4.78 is 0. The maximum atomic E-state index is 4.44. The second kappa shape index (κ2) is 12.5. The molecule has 1 rings (SSSR count). The standard InChI is InChI=1S/C18H29N7S2/c1-6-24(7-2)17(26)22-20-14(5)16(15-11-10-12-19-13-15)21-23-18(27)25(8-3)9-4/h10-13H,6-9H2,1-5H3,(H,22,26)(H,23,27)/b20-14+,21-16-. The van der Waals surface area contributed by atoms with Crippen LogP contribution in [-0.4, -0.2) is 62.7 Å². The first-order valence-corrected chi connectivity index (χ1v) is 9.94. The van der Waals surface area contributed by atoms with Gasteiger partial charge in [-0.1, -0.05) is 0 Å². The molecule has 27 heavy (non-hydrogen) atoms. The minimum absolute atomic E-state index is 0.552. The zero-order valence-corrected chi connectivity index (χ0v) is 18.5. The average molecular weight is 408 g/mol. The summed E-state index contributed by atoms with van der Waals surface area (Å²) in [6, 6.07) is 3.75. The van der Waals surface area contributed by atoms with Crippen LogP contribution in [0.2, 0.25) is 0 Å². The van der Waals surface area contributed by atoms with Crippen molar-refractivity contribution < 1.29 is 0 Å². The molecule has 0 saturated heterocycles. The van der Waals surface area contributed by atoms with Gasteiger partial charge in [-0.15, -0.1) is 40.6 Å². The van der Waals surface area contributed by atoms with Crippen LogP contribution in [0.1, 0.15) is 40.2 Å². The SMILES string of the molecule is CCN(CC)/C(S)=N/N=C(C)/C(=N/N=C(\S)N(CC)CC)c1cccnc1. The summed E-state index contributed by atoms with van der Waals surface area (Å²) in [7, 11) is 0. The number of amidine groups is 2. The van der Waals surface area contributed by atoms with Gasteiger partial charge in [0, 0.05) is 44.1 Å². The van der Waals surface area contributed by atoms with Crippen LogP contribution in [0.15, 0.2) is 44.9 Å². The van der Waals surface area contributed by atoms with E-state index in [4.69, 9.17) is 0 Å². The van der Waals surface area contributed by atoms with E-state index < -0.39 is 0 Å². The molecule has 7 nitrogen and oxygen atoms in total. The highest BCUT2D eigenvalue weighted by Crippen LogP contribution is 2.06. The Labute approximate surface area is 173 Å². The molecular formula is C18H29N7S2. The second-order valence-corrected chi connectivity index (χ2v) is 6.32. The topological polar surface area (TPSA) is 68.8 Å². The molecular weight excluding hydrogens is 378 g/mol. The number of thiol groups is 2. The molecule has 0 bridgehead atoms. The number of hydrogen-bond acceptors (Lipinski definition) is 5. The molecule has 0 aromatic carbocycles. The molecule has 1 aromatic rings. The van der Waals surface area contributed by atoms with Crippen LogP contribution in [0.4, 0.5) is 0 Å². The zero-order chi connectivity index (χ0) is 20.2. The third kappa shape index (κ3) is 7.34. The van der Waals surface area contributed by atoms with E-state index >= 15 is 0 Å². The maximum Gasteiger partial charge on any atom is 0.182 e. The van der Waals surface area contributed by atoms with E-state index in [9.17, 15) is 0 Å². The Kier molecular flexibility index (Phi) is 10.7. The van der Waals surface area contributed by atoms with Crippen LogP contribution >= 0.6 is 25.3 Å². The molecule has 0 saturated carbocycles. The molecule has 0 radical (unpaired) electrons. The van der Waals surface area contributed by atoms with Gasteiger partial charge in [0.1, 0.15) is 5.71 Å². The smallest absolute Gasteiger partial charge is 0.182 e. The van der Waals surface area contributed by atoms with Crippen molar-refractivity contribution >= 4 is 47.0 Å². The van der Waals surface area contributed by atoms with Crippen molar-refractivity contribution in [3.63, 3.8) is 0 Å². The van der Waals surface area contributed by atoms with Gasteiger partial charge < -0.3 is 9.80 Å². The van der Waals surface area contributed by atoms with E-state index in [1.165, 1.54) is 0 Å². The van der Waals surface area contributed by atoms with Gasteiger partial charge in [-0.05, 0) is 46.8 Å². The fraction of sp³-hybridized carbons (Fsp3) is 0.500. The molecule has 0 amide bonds. The normalized spacial score (nSPS) is 13.7. The summed E-state index contributed by atoms with van der Waals surface area (Å²) in [5.74, 6) is 0. The van der Waals surface area contributed by atoms with E-state index in [0.717, 1.165) is 31.7 Å². The van der Waals surface area contributed by atoms with E-state index in [1.54, 1.807) is 12.4 Å².